The summed E-state index contributed by atoms with van der Waals surface area (Å²) in [6.07, 6.45) is 3.48. The highest BCUT2D eigenvalue weighted by Crippen LogP contribution is 2.30. The second kappa shape index (κ2) is 10.9. The number of carbonyl (C=O) groups is 2. The van der Waals surface area contributed by atoms with Crippen molar-refractivity contribution in [1.82, 2.24) is 10.3 Å². The number of carbonyl (C=O) groups excluding carboxylic acids is 2. The summed E-state index contributed by atoms with van der Waals surface area (Å²) in [6, 6.07) is 10.4. The van der Waals surface area contributed by atoms with E-state index >= 15 is 0 Å². The predicted octanol–water partition coefficient (Wildman–Crippen LogP) is 2.88. The maximum absolute atomic E-state index is 12.6. The second-order valence-corrected chi connectivity index (χ2v) is 8.05. The quantitative estimate of drug-likeness (QED) is 0.515. The summed E-state index contributed by atoms with van der Waals surface area (Å²) >= 11 is 0. The van der Waals surface area contributed by atoms with Crippen LogP contribution < -0.4 is 10.1 Å². The van der Waals surface area contributed by atoms with Gasteiger partial charge in [0.2, 0.25) is 0 Å². The van der Waals surface area contributed by atoms with E-state index in [0.717, 1.165) is 5.56 Å². The van der Waals surface area contributed by atoms with Crippen molar-refractivity contribution in [3.8, 4) is 11.5 Å². The van der Waals surface area contributed by atoms with Crippen LogP contribution in [0.1, 0.15) is 42.7 Å². The Hall–Kier alpha value is -3.13. The fourth-order valence-corrected chi connectivity index (χ4v) is 3.20. The maximum Gasteiger partial charge on any atom is 0.328 e. The normalized spacial score (nSPS) is 16.0. The van der Waals surface area contributed by atoms with Crippen LogP contribution in [0.2, 0.25) is 0 Å². The zero-order valence-electron chi connectivity index (χ0n) is 18.6. The van der Waals surface area contributed by atoms with Gasteiger partial charge in [-0.15, -0.1) is 0 Å². The molecule has 1 aliphatic carbocycles. The molecule has 2 aromatic rings. The molecule has 0 saturated heterocycles. The van der Waals surface area contributed by atoms with Gasteiger partial charge in [-0.05, 0) is 38.2 Å². The molecular weight excluding hydrogens is 412 g/mol. The lowest BCUT2D eigenvalue weighted by Crippen LogP contribution is -2.43. The topological polar surface area (TPSA) is 107 Å². The second-order valence-electron chi connectivity index (χ2n) is 8.05. The van der Waals surface area contributed by atoms with Crippen molar-refractivity contribution in [2.45, 2.75) is 51.4 Å². The van der Waals surface area contributed by atoms with Gasteiger partial charge in [0, 0.05) is 25.3 Å². The van der Waals surface area contributed by atoms with Crippen LogP contribution in [0.4, 0.5) is 0 Å². The lowest BCUT2D eigenvalue weighted by atomic mass is 10.0. The predicted molar refractivity (Wildman–Crippen MR) is 118 cm³/mol. The summed E-state index contributed by atoms with van der Waals surface area (Å²) in [5, 5.41) is 12.6. The summed E-state index contributed by atoms with van der Waals surface area (Å²) in [5.74, 6) is -0.994. The number of nitrogens with zero attached hydrogens (tertiary/aromatic N) is 1. The average Bonchev–Trinajstić information content (AvgIpc) is 3.61. The van der Waals surface area contributed by atoms with E-state index in [9.17, 15) is 14.7 Å². The van der Waals surface area contributed by atoms with Crippen molar-refractivity contribution in [3.63, 3.8) is 0 Å². The molecule has 0 unspecified atom stereocenters. The van der Waals surface area contributed by atoms with Crippen LogP contribution in [0.3, 0.4) is 0 Å². The molecule has 3 atom stereocenters. The van der Waals surface area contributed by atoms with Gasteiger partial charge in [0.05, 0.1) is 13.2 Å². The van der Waals surface area contributed by atoms with Gasteiger partial charge in [0.15, 0.2) is 17.2 Å². The number of hydrogen-bond acceptors (Lipinski definition) is 7. The first-order valence-electron chi connectivity index (χ1n) is 10.8. The number of esters is 1. The third-order valence-corrected chi connectivity index (χ3v) is 5.37. The Morgan fingerprint density at radius 3 is 2.56 bits per heavy atom. The highest BCUT2D eigenvalue weighted by molar-refractivity contribution is 5.97. The van der Waals surface area contributed by atoms with Crippen LogP contribution in [0.15, 0.2) is 42.6 Å². The van der Waals surface area contributed by atoms with E-state index in [-0.39, 0.29) is 17.5 Å². The van der Waals surface area contributed by atoms with Crippen LogP contribution in [-0.4, -0.2) is 53.9 Å². The standard InChI is InChI=1S/C24H30N2O6/c1-15(26-23(28)21-22(27)19(30-3)11-12-25-21)24(29)32-16(2)20(31-14-18-9-10-18)13-17-7-5-4-6-8-17/h4-8,11-12,15-16,18,20,27H,9-10,13-14H2,1-3H3,(H,26,28)/t15-,16-,20+/m0/s1. The van der Waals surface area contributed by atoms with Crippen LogP contribution in [0.5, 0.6) is 11.5 Å². The summed E-state index contributed by atoms with van der Waals surface area (Å²) < 4.78 is 16.7. The number of pyridine rings is 1. The van der Waals surface area contributed by atoms with E-state index in [0.29, 0.717) is 18.9 Å². The summed E-state index contributed by atoms with van der Waals surface area (Å²) in [6.45, 7) is 3.95. The molecule has 1 amide bonds. The van der Waals surface area contributed by atoms with E-state index in [2.05, 4.69) is 10.3 Å². The molecule has 1 heterocycles. The number of nitrogens with one attached hydrogen (secondary N) is 1. The fraction of sp³-hybridized carbons (Fsp3) is 0.458. The highest BCUT2D eigenvalue weighted by Gasteiger charge is 2.29. The zero-order valence-corrected chi connectivity index (χ0v) is 18.6. The first-order chi connectivity index (χ1) is 15.4. The van der Waals surface area contributed by atoms with Gasteiger partial charge in [0.25, 0.3) is 5.91 Å². The molecule has 8 nitrogen and oxygen atoms in total. The molecule has 3 rings (SSSR count). The molecular formula is C24H30N2O6. The van der Waals surface area contributed by atoms with E-state index in [1.807, 2.05) is 30.3 Å². The van der Waals surface area contributed by atoms with Crippen LogP contribution >= 0.6 is 0 Å². The number of hydrogen-bond donors (Lipinski definition) is 2. The van der Waals surface area contributed by atoms with Crippen LogP contribution in [0, 0.1) is 5.92 Å². The molecule has 0 radical (unpaired) electrons. The van der Waals surface area contributed by atoms with Gasteiger partial charge >= 0.3 is 5.97 Å². The SMILES string of the molecule is COc1ccnc(C(=O)N[C@@H](C)C(=O)O[C@@H](C)[C@@H](Cc2ccccc2)OCC2CC2)c1O. The summed E-state index contributed by atoms with van der Waals surface area (Å²) in [5.41, 5.74) is 0.865. The van der Waals surface area contributed by atoms with Gasteiger partial charge in [-0.3, -0.25) is 4.79 Å². The fourth-order valence-electron chi connectivity index (χ4n) is 3.20. The molecule has 1 aromatic carbocycles. The molecule has 0 bridgehead atoms. The maximum atomic E-state index is 12.6. The Kier molecular flexibility index (Phi) is 8.05. The number of ether oxygens (including phenoxy) is 3. The van der Waals surface area contributed by atoms with Crippen molar-refractivity contribution < 1.29 is 28.9 Å². The van der Waals surface area contributed by atoms with E-state index in [1.165, 1.54) is 39.1 Å². The molecule has 1 aromatic heterocycles. The molecule has 0 spiro atoms. The Balaban J connectivity index is 1.59. The number of benzene rings is 1. The minimum atomic E-state index is -0.946. The third-order valence-electron chi connectivity index (χ3n) is 5.37. The van der Waals surface area contributed by atoms with Crippen molar-refractivity contribution in [3.05, 3.63) is 53.9 Å². The van der Waals surface area contributed by atoms with Crippen molar-refractivity contribution in [2.24, 2.45) is 5.92 Å². The van der Waals surface area contributed by atoms with Crippen molar-refractivity contribution in [2.75, 3.05) is 13.7 Å². The number of aromatic nitrogens is 1. The van der Waals surface area contributed by atoms with E-state index in [4.69, 9.17) is 14.2 Å². The van der Waals surface area contributed by atoms with Gasteiger partial charge in [0.1, 0.15) is 12.1 Å². The van der Waals surface area contributed by atoms with Gasteiger partial charge < -0.3 is 24.6 Å². The van der Waals surface area contributed by atoms with Gasteiger partial charge in [-0.2, -0.15) is 0 Å². The number of aromatic hydroxyl groups is 1. The lowest BCUT2D eigenvalue weighted by molar-refractivity contribution is -0.158. The molecule has 1 fully saturated rings. The lowest BCUT2D eigenvalue weighted by Gasteiger charge is -2.26. The first kappa shape index (κ1) is 23.5. The van der Waals surface area contributed by atoms with Crippen LogP contribution in [0.25, 0.3) is 0 Å². The first-order valence-corrected chi connectivity index (χ1v) is 10.8. The van der Waals surface area contributed by atoms with Gasteiger partial charge in [-0.25, -0.2) is 9.78 Å². The molecule has 172 valence electrons. The minimum Gasteiger partial charge on any atom is -0.503 e. The van der Waals surface area contributed by atoms with E-state index in [1.54, 1.807) is 6.92 Å². The third kappa shape index (κ3) is 6.43. The van der Waals surface area contributed by atoms with E-state index < -0.39 is 29.8 Å². The largest absolute Gasteiger partial charge is 0.503 e. The number of methoxy groups -OCH3 is 1. The average molecular weight is 443 g/mol. The molecule has 8 heteroatoms. The Morgan fingerprint density at radius 2 is 1.91 bits per heavy atom. The summed E-state index contributed by atoms with van der Waals surface area (Å²) in [7, 11) is 1.37. The Bertz CT molecular complexity index is 916. The van der Waals surface area contributed by atoms with Crippen LogP contribution in [-0.2, 0) is 20.7 Å². The smallest absolute Gasteiger partial charge is 0.328 e. The molecule has 0 aliphatic heterocycles. The number of amides is 1. The number of rotatable bonds is 11. The molecule has 1 aliphatic rings. The minimum absolute atomic E-state index is 0.116. The monoisotopic (exact) mass is 442 g/mol. The molecule has 1 saturated carbocycles. The molecule has 2 N–H and O–H groups in total. The molecule has 32 heavy (non-hydrogen) atoms. The Labute approximate surface area is 187 Å². The highest BCUT2D eigenvalue weighted by atomic mass is 16.6. The van der Waals surface area contributed by atoms with Crippen molar-refractivity contribution >= 4 is 11.9 Å². The van der Waals surface area contributed by atoms with Gasteiger partial charge in [-0.1, -0.05) is 30.3 Å². The Morgan fingerprint density at radius 1 is 1.19 bits per heavy atom. The van der Waals surface area contributed by atoms with Crippen molar-refractivity contribution in [1.29, 1.82) is 0 Å². The summed E-state index contributed by atoms with van der Waals surface area (Å²) in [4.78, 5) is 29.0. The zero-order chi connectivity index (χ0) is 23.1.